The molecule has 3 heterocycles. The molecule has 15 heteroatoms. The first-order chi connectivity index (χ1) is 13.4. The fraction of sp³-hybridized carbons (Fsp3) is 0.286. The smallest absolute Gasteiger partial charge is 0.543 e. The average Bonchev–Trinajstić information content (AvgIpc) is 3.09. The predicted molar refractivity (Wildman–Crippen MR) is 97.4 cm³/mol. The van der Waals surface area contributed by atoms with Gasteiger partial charge in [0.1, 0.15) is 23.7 Å². The zero-order valence-corrected chi connectivity index (χ0v) is 18.7. The molecular weight excluding hydrogens is 435 g/mol. The number of nitrogens with one attached hydrogen (secondary N) is 1. The van der Waals surface area contributed by atoms with Gasteiger partial charge in [0.2, 0.25) is 0 Å². The number of anilines is 1. The largest absolute Gasteiger partial charge is 1.00 e. The number of oxime groups is 2. The summed E-state index contributed by atoms with van der Waals surface area (Å²) in [6, 6.07) is -1.01. The third kappa shape index (κ3) is 4.40. The number of hydrogen-bond donors (Lipinski definition) is 3. The molecule has 12 nitrogen and oxygen atoms in total. The second kappa shape index (κ2) is 9.58. The SMILES string of the molecule is C=NOCC1=C(C(=O)[O-])N2C(=O)C(NC(=O)C(=NO)c3csc(N)n3)[C@H]2SC1.[Na+]. The van der Waals surface area contributed by atoms with Gasteiger partial charge >= 0.3 is 29.6 Å². The molecule has 0 bridgehead atoms. The van der Waals surface area contributed by atoms with E-state index < -0.39 is 34.9 Å². The number of hydrogen-bond acceptors (Lipinski definition) is 12. The van der Waals surface area contributed by atoms with Crippen LogP contribution >= 0.6 is 23.1 Å². The first-order valence-corrected chi connectivity index (χ1v) is 9.52. The van der Waals surface area contributed by atoms with Crippen LogP contribution in [0.15, 0.2) is 27.0 Å². The van der Waals surface area contributed by atoms with Gasteiger partial charge in [0.05, 0.1) is 11.7 Å². The van der Waals surface area contributed by atoms with Crippen LogP contribution in [0.2, 0.25) is 0 Å². The number of fused-ring (bicyclic) bond motifs is 1. The Morgan fingerprint density at radius 3 is 2.83 bits per heavy atom. The van der Waals surface area contributed by atoms with Gasteiger partial charge in [-0.3, -0.25) is 14.5 Å². The number of thiazole rings is 1. The molecule has 0 aliphatic carbocycles. The van der Waals surface area contributed by atoms with E-state index in [1.54, 1.807) is 0 Å². The first kappa shape index (κ1) is 23.2. The molecular formula is C14H13N6NaO6S2. The van der Waals surface area contributed by atoms with Crippen LogP contribution in [-0.2, 0) is 19.2 Å². The Morgan fingerprint density at radius 1 is 1.55 bits per heavy atom. The Labute approximate surface area is 194 Å². The molecule has 0 radical (unpaired) electrons. The monoisotopic (exact) mass is 448 g/mol. The fourth-order valence-electron chi connectivity index (χ4n) is 2.73. The van der Waals surface area contributed by atoms with Crippen LogP contribution in [0, 0.1) is 0 Å². The molecule has 3 rings (SSSR count). The van der Waals surface area contributed by atoms with Gasteiger partial charge in [-0.2, -0.15) is 0 Å². The Balaban J connectivity index is 0.00000300. The fourth-order valence-corrected chi connectivity index (χ4v) is 4.60. The second-order valence-electron chi connectivity index (χ2n) is 5.52. The number of carbonyl (C=O) groups excluding carboxylic acids is 3. The van der Waals surface area contributed by atoms with Crippen LogP contribution in [0.25, 0.3) is 0 Å². The van der Waals surface area contributed by atoms with Gasteiger partial charge in [0, 0.05) is 23.4 Å². The van der Waals surface area contributed by atoms with Gasteiger partial charge in [-0.1, -0.05) is 5.16 Å². The molecule has 29 heavy (non-hydrogen) atoms. The van der Waals surface area contributed by atoms with Gasteiger partial charge in [0.15, 0.2) is 10.8 Å². The van der Waals surface area contributed by atoms with E-state index in [0.717, 1.165) is 16.2 Å². The summed E-state index contributed by atoms with van der Waals surface area (Å²) in [5, 5.41) is 30.1. The molecule has 2 aliphatic heterocycles. The Morgan fingerprint density at radius 2 is 2.28 bits per heavy atom. The Bertz CT molecular complexity index is 918. The molecule has 2 amide bonds. The summed E-state index contributed by atoms with van der Waals surface area (Å²) in [5.41, 5.74) is 5.13. The van der Waals surface area contributed by atoms with Gasteiger partial charge in [-0.05, 0) is 0 Å². The molecule has 1 aromatic rings. The standard InChI is InChI=1S/C14H14N6O6S2.Na/c1-16-26-2-5-3-27-12-8(11(22)20(12)9(5)13(23)24)18-10(21)7(19-25)6-4-28-14(15)17-6;/h4,8,12,25H,1-3H2,(H2,15,17)(H,18,21)(H,23,24);/q;+1/p-1/t8?,12-;/m1./s1. The topological polar surface area (TPSA) is 183 Å². The Kier molecular flexibility index (Phi) is 7.65. The minimum absolute atomic E-state index is 0. The number of carboxylic acids is 1. The van der Waals surface area contributed by atoms with E-state index in [9.17, 15) is 19.5 Å². The molecule has 1 saturated heterocycles. The van der Waals surface area contributed by atoms with Crippen molar-refractivity contribution < 1.29 is 59.1 Å². The van der Waals surface area contributed by atoms with Crippen molar-refractivity contribution in [2.24, 2.45) is 10.3 Å². The van der Waals surface area contributed by atoms with Crippen molar-refractivity contribution in [3.63, 3.8) is 0 Å². The maximum absolute atomic E-state index is 12.5. The number of nitrogens with two attached hydrogens (primary N) is 1. The van der Waals surface area contributed by atoms with Crippen LogP contribution in [-0.4, -0.2) is 69.1 Å². The van der Waals surface area contributed by atoms with Crippen molar-refractivity contribution in [2.45, 2.75) is 11.4 Å². The number of thioether (sulfide) groups is 1. The number of carboxylic acid groups (broad SMARTS) is 1. The molecule has 4 N–H and O–H groups in total. The molecule has 1 fully saturated rings. The van der Waals surface area contributed by atoms with E-state index >= 15 is 0 Å². The summed E-state index contributed by atoms with van der Waals surface area (Å²) in [6.45, 7) is 2.98. The van der Waals surface area contributed by atoms with Crippen LogP contribution in [0.5, 0.6) is 0 Å². The second-order valence-corrected chi connectivity index (χ2v) is 7.52. The van der Waals surface area contributed by atoms with Crippen molar-refractivity contribution in [1.29, 1.82) is 0 Å². The summed E-state index contributed by atoms with van der Waals surface area (Å²) >= 11 is 2.28. The molecule has 0 spiro atoms. The summed E-state index contributed by atoms with van der Waals surface area (Å²) in [7, 11) is 0. The normalized spacial score (nSPS) is 20.9. The van der Waals surface area contributed by atoms with Gasteiger partial charge in [0.25, 0.3) is 11.8 Å². The van der Waals surface area contributed by atoms with Crippen molar-refractivity contribution in [3.8, 4) is 0 Å². The van der Waals surface area contributed by atoms with Crippen LogP contribution in [0.4, 0.5) is 5.13 Å². The quantitative estimate of drug-likeness (QED) is 0.121. The molecule has 1 unspecified atom stereocenters. The summed E-state index contributed by atoms with van der Waals surface area (Å²) in [5.74, 6) is -2.82. The number of carbonyl (C=O) groups is 3. The van der Waals surface area contributed by atoms with Gasteiger partial charge < -0.3 is 31.0 Å². The van der Waals surface area contributed by atoms with E-state index in [0.29, 0.717) is 5.57 Å². The van der Waals surface area contributed by atoms with Crippen molar-refractivity contribution in [1.82, 2.24) is 15.2 Å². The predicted octanol–water partition coefficient (Wildman–Crippen LogP) is -5.06. The van der Waals surface area contributed by atoms with E-state index in [2.05, 4.69) is 27.3 Å². The Hall–Kier alpha value is -2.13. The number of rotatable bonds is 7. The zero-order valence-electron chi connectivity index (χ0n) is 15.0. The van der Waals surface area contributed by atoms with E-state index in [-0.39, 0.29) is 58.4 Å². The first-order valence-electron chi connectivity index (χ1n) is 7.59. The molecule has 1 aromatic heterocycles. The minimum Gasteiger partial charge on any atom is -0.543 e. The summed E-state index contributed by atoms with van der Waals surface area (Å²) in [6.07, 6.45) is 0. The maximum Gasteiger partial charge on any atom is 1.00 e. The van der Waals surface area contributed by atoms with Crippen molar-refractivity contribution >= 4 is 58.4 Å². The summed E-state index contributed by atoms with van der Waals surface area (Å²) < 4.78 is 0. The number of β-lactam (4-membered cyclic amide) rings is 1. The third-order valence-electron chi connectivity index (χ3n) is 3.94. The maximum atomic E-state index is 12.5. The van der Waals surface area contributed by atoms with Crippen molar-refractivity contribution in [2.75, 3.05) is 18.1 Å². The molecule has 2 atom stereocenters. The van der Waals surface area contributed by atoms with E-state index in [1.807, 2.05) is 0 Å². The number of nitrogen functional groups attached to an aromatic ring is 1. The van der Waals surface area contributed by atoms with Crippen molar-refractivity contribution in [3.05, 3.63) is 22.3 Å². The zero-order chi connectivity index (χ0) is 20.4. The molecule has 148 valence electrons. The van der Waals surface area contributed by atoms with Crippen LogP contribution in [0.3, 0.4) is 0 Å². The minimum atomic E-state index is -1.54. The van der Waals surface area contributed by atoms with Crippen LogP contribution < -0.4 is 45.7 Å². The number of amides is 2. The van der Waals surface area contributed by atoms with Gasteiger partial charge in [-0.15, -0.1) is 28.3 Å². The third-order valence-corrected chi connectivity index (χ3v) is 5.95. The number of aromatic nitrogens is 1. The molecule has 0 aromatic carbocycles. The van der Waals surface area contributed by atoms with Crippen LogP contribution in [0.1, 0.15) is 5.69 Å². The number of aliphatic carboxylic acids is 1. The molecule has 2 aliphatic rings. The number of nitrogens with zero attached hydrogens (tertiary/aromatic N) is 4. The molecule has 0 saturated carbocycles. The van der Waals surface area contributed by atoms with E-state index in [1.165, 1.54) is 17.1 Å². The van der Waals surface area contributed by atoms with Gasteiger partial charge in [-0.25, -0.2) is 4.98 Å². The van der Waals surface area contributed by atoms with E-state index in [4.69, 9.17) is 15.8 Å². The average molecular weight is 448 g/mol. The summed E-state index contributed by atoms with van der Waals surface area (Å²) in [4.78, 5) is 46.0.